The number of rotatable bonds is 4. The fourth-order valence-corrected chi connectivity index (χ4v) is 1.75. The maximum absolute atomic E-state index is 5.95. The summed E-state index contributed by atoms with van der Waals surface area (Å²) in [6.45, 7) is 2.62. The third-order valence-corrected chi connectivity index (χ3v) is 2.80. The maximum atomic E-state index is 5.95. The topological polar surface area (TPSA) is 34.4 Å². The summed E-state index contributed by atoms with van der Waals surface area (Å²) in [5.41, 5.74) is 1.98. The van der Waals surface area contributed by atoms with Gasteiger partial charge in [-0.05, 0) is 36.8 Å². The molecule has 0 spiro atoms. The molecule has 0 amide bonds. The minimum atomic E-state index is 0.607. The number of aryl methyl sites for hydroxylation is 1. The highest BCUT2D eigenvalue weighted by atomic mass is 35.5. The van der Waals surface area contributed by atoms with Gasteiger partial charge in [0.15, 0.2) is 0 Å². The van der Waals surface area contributed by atoms with E-state index in [0.29, 0.717) is 11.6 Å². The zero-order chi connectivity index (χ0) is 12.3. The SMILES string of the molecule is COc1ccc(Cl)cc1NCc1occc1C. The van der Waals surface area contributed by atoms with Gasteiger partial charge < -0.3 is 14.5 Å². The van der Waals surface area contributed by atoms with Crippen molar-refractivity contribution in [2.24, 2.45) is 0 Å². The van der Waals surface area contributed by atoms with Crippen molar-refractivity contribution in [3.8, 4) is 5.75 Å². The van der Waals surface area contributed by atoms with E-state index in [4.69, 9.17) is 20.8 Å². The second-order valence-corrected chi connectivity index (χ2v) is 4.16. The Balaban J connectivity index is 2.13. The number of methoxy groups -OCH3 is 1. The van der Waals surface area contributed by atoms with Crippen LogP contribution in [0.2, 0.25) is 5.02 Å². The van der Waals surface area contributed by atoms with Crippen LogP contribution in [0.15, 0.2) is 34.9 Å². The van der Waals surface area contributed by atoms with Gasteiger partial charge in [-0.3, -0.25) is 0 Å². The fourth-order valence-electron chi connectivity index (χ4n) is 1.58. The predicted molar refractivity (Wildman–Crippen MR) is 68.8 cm³/mol. The minimum Gasteiger partial charge on any atom is -0.495 e. The lowest BCUT2D eigenvalue weighted by atomic mass is 10.2. The normalized spacial score (nSPS) is 10.3. The Labute approximate surface area is 105 Å². The number of hydrogen-bond donors (Lipinski definition) is 1. The van der Waals surface area contributed by atoms with Crippen LogP contribution in [0.4, 0.5) is 5.69 Å². The first-order valence-electron chi connectivity index (χ1n) is 5.31. The second-order valence-electron chi connectivity index (χ2n) is 3.72. The number of hydrogen-bond acceptors (Lipinski definition) is 3. The first kappa shape index (κ1) is 11.9. The molecular weight excluding hydrogens is 238 g/mol. The van der Waals surface area contributed by atoms with Gasteiger partial charge in [0.05, 0.1) is 25.6 Å². The van der Waals surface area contributed by atoms with Gasteiger partial charge in [0, 0.05) is 5.02 Å². The molecule has 0 saturated heterocycles. The van der Waals surface area contributed by atoms with Crippen LogP contribution < -0.4 is 10.1 Å². The molecule has 0 atom stereocenters. The third kappa shape index (κ3) is 2.74. The number of nitrogens with one attached hydrogen (secondary N) is 1. The molecule has 17 heavy (non-hydrogen) atoms. The molecule has 1 N–H and O–H groups in total. The summed E-state index contributed by atoms with van der Waals surface area (Å²) in [6.07, 6.45) is 1.68. The molecular formula is C13H14ClNO2. The van der Waals surface area contributed by atoms with Crippen LogP contribution in [0.1, 0.15) is 11.3 Å². The Bertz CT molecular complexity index is 508. The van der Waals surface area contributed by atoms with Gasteiger partial charge in [-0.25, -0.2) is 0 Å². The summed E-state index contributed by atoms with van der Waals surface area (Å²) >= 11 is 5.95. The Morgan fingerprint density at radius 2 is 2.18 bits per heavy atom. The standard InChI is InChI=1S/C13H14ClNO2/c1-9-5-6-17-13(9)8-15-11-7-10(14)3-4-12(11)16-2/h3-7,15H,8H2,1-2H3. The molecule has 0 fully saturated rings. The van der Waals surface area contributed by atoms with Gasteiger partial charge in [-0.1, -0.05) is 11.6 Å². The lowest BCUT2D eigenvalue weighted by molar-refractivity contribution is 0.416. The van der Waals surface area contributed by atoms with Crippen molar-refractivity contribution < 1.29 is 9.15 Å². The minimum absolute atomic E-state index is 0.607. The van der Waals surface area contributed by atoms with Crippen molar-refractivity contribution in [1.82, 2.24) is 0 Å². The largest absolute Gasteiger partial charge is 0.495 e. The van der Waals surface area contributed by atoms with Crippen LogP contribution in [-0.2, 0) is 6.54 Å². The molecule has 1 heterocycles. The molecule has 4 heteroatoms. The zero-order valence-corrected chi connectivity index (χ0v) is 10.5. The highest BCUT2D eigenvalue weighted by molar-refractivity contribution is 6.30. The van der Waals surface area contributed by atoms with Gasteiger partial charge >= 0.3 is 0 Å². The summed E-state index contributed by atoms with van der Waals surface area (Å²) in [5.74, 6) is 1.67. The van der Waals surface area contributed by atoms with Crippen molar-refractivity contribution in [2.45, 2.75) is 13.5 Å². The molecule has 3 nitrogen and oxygen atoms in total. The van der Waals surface area contributed by atoms with Gasteiger partial charge in [0.2, 0.25) is 0 Å². The fraction of sp³-hybridized carbons (Fsp3) is 0.231. The van der Waals surface area contributed by atoms with Crippen molar-refractivity contribution in [3.63, 3.8) is 0 Å². The van der Waals surface area contributed by atoms with E-state index in [2.05, 4.69) is 5.32 Å². The number of furan rings is 1. The Hall–Kier alpha value is -1.61. The number of halogens is 1. The van der Waals surface area contributed by atoms with Crippen LogP contribution in [-0.4, -0.2) is 7.11 Å². The number of benzene rings is 1. The molecule has 90 valence electrons. The van der Waals surface area contributed by atoms with E-state index in [9.17, 15) is 0 Å². The maximum Gasteiger partial charge on any atom is 0.142 e. The smallest absolute Gasteiger partial charge is 0.142 e. The lowest BCUT2D eigenvalue weighted by Crippen LogP contribution is -2.01. The summed E-state index contributed by atoms with van der Waals surface area (Å²) in [5, 5.41) is 3.92. The summed E-state index contributed by atoms with van der Waals surface area (Å²) in [4.78, 5) is 0. The van der Waals surface area contributed by atoms with E-state index >= 15 is 0 Å². The second kappa shape index (κ2) is 5.15. The first-order chi connectivity index (χ1) is 8.20. The molecule has 0 bridgehead atoms. The monoisotopic (exact) mass is 251 g/mol. The average molecular weight is 252 g/mol. The van der Waals surface area contributed by atoms with E-state index in [1.54, 1.807) is 19.4 Å². The van der Waals surface area contributed by atoms with Crippen LogP contribution >= 0.6 is 11.6 Å². The highest BCUT2D eigenvalue weighted by Gasteiger charge is 2.06. The summed E-state index contributed by atoms with van der Waals surface area (Å²) in [6, 6.07) is 7.40. The molecule has 0 aliphatic rings. The first-order valence-corrected chi connectivity index (χ1v) is 5.69. The quantitative estimate of drug-likeness (QED) is 0.896. The molecule has 0 aliphatic carbocycles. The zero-order valence-electron chi connectivity index (χ0n) is 9.79. The third-order valence-electron chi connectivity index (χ3n) is 2.57. The van der Waals surface area contributed by atoms with Crippen molar-refractivity contribution >= 4 is 17.3 Å². The van der Waals surface area contributed by atoms with Crippen LogP contribution in [0.5, 0.6) is 5.75 Å². The Morgan fingerprint density at radius 3 is 2.82 bits per heavy atom. The predicted octanol–water partition coefficient (Wildman–Crippen LogP) is 3.86. The summed E-state index contributed by atoms with van der Waals surface area (Å²) in [7, 11) is 1.63. The molecule has 0 unspecified atom stereocenters. The number of anilines is 1. The Kier molecular flexibility index (Phi) is 3.59. The van der Waals surface area contributed by atoms with Crippen molar-refractivity contribution in [3.05, 3.63) is 46.9 Å². The van der Waals surface area contributed by atoms with E-state index in [-0.39, 0.29) is 0 Å². The highest BCUT2D eigenvalue weighted by Crippen LogP contribution is 2.28. The van der Waals surface area contributed by atoms with Crippen molar-refractivity contribution in [2.75, 3.05) is 12.4 Å². The van der Waals surface area contributed by atoms with Gasteiger partial charge in [-0.15, -0.1) is 0 Å². The van der Waals surface area contributed by atoms with E-state index in [0.717, 1.165) is 22.8 Å². The average Bonchev–Trinajstić information content (AvgIpc) is 2.72. The van der Waals surface area contributed by atoms with Crippen LogP contribution in [0, 0.1) is 6.92 Å². The van der Waals surface area contributed by atoms with Gasteiger partial charge in [-0.2, -0.15) is 0 Å². The molecule has 0 radical (unpaired) electrons. The number of ether oxygens (including phenoxy) is 1. The molecule has 1 aromatic carbocycles. The molecule has 1 aromatic heterocycles. The van der Waals surface area contributed by atoms with E-state index < -0.39 is 0 Å². The van der Waals surface area contributed by atoms with Crippen LogP contribution in [0.3, 0.4) is 0 Å². The molecule has 2 rings (SSSR count). The lowest BCUT2D eigenvalue weighted by Gasteiger charge is -2.10. The van der Waals surface area contributed by atoms with E-state index in [1.807, 2.05) is 25.1 Å². The van der Waals surface area contributed by atoms with Gasteiger partial charge in [0.1, 0.15) is 11.5 Å². The molecule has 2 aromatic rings. The molecule has 0 aliphatic heterocycles. The Morgan fingerprint density at radius 1 is 1.35 bits per heavy atom. The van der Waals surface area contributed by atoms with Crippen LogP contribution in [0.25, 0.3) is 0 Å². The van der Waals surface area contributed by atoms with Gasteiger partial charge in [0.25, 0.3) is 0 Å². The summed E-state index contributed by atoms with van der Waals surface area (Å²) < 4.78 is 10.6. The van der Waals surface area contributed by atoms with Crippen molar-refractivity contribution in [1.29, 1.82) is 0 Å². The van der Waals surface area contributed by atoms with E-state index in [1.165, 1.54) is 0 Å². The molecule has 0 saturated carbocycles.